The number of nitrogens with zero attached hydrogens (tertiary/aromatic N) is 1. The lowest BCUT2D eigenvalue weighted by atomic mass is 9.97. The van der Waals surface area contributed by atoms with Gasteiger partial charge in [0.05, 0.1) is 11.1 Å². The number of anilines is 1. The molecule has 2 aromatic carbocycles. The monoisotopic (exact) mass is 450 g/mol. The number of nitrogens with one attached hydrogen (secondary N) is 1. The quantitative estimate of drug-likeness (QED) is 0.356. The van der Waals surface area contributed by atoms with Gasteiger partial charge in [0.1, 0.15) is 6.04 Å². The van der Waals surface area contributed by atoms with Crippen LogP contribution in [0, 0.1) is 5.92 Å². The molecule has 1 aliphatic rings. The first-order chi connectivity index (χ1) is 15.8. The second kappa shape index (κ2) is 10.2. The molecule has 2 aromatic rings. The summed E-state index contributed by atoms with van der Waals surface area (Å²) in [4.78, 5) is 63.6. The van der Waals surface area contributed by atoms with E-state index in [1.54, 1.807) is 50.2 Å². The van der Waals surface area contributed by atoms with Gasteiger partial charge in [-0.15, -0.1) is 0 Å². The molecule has 1 heterocycles. The fourth-order valence-electron chi connectivity index (χ4n) is 3.57. The van der Waals surface area contributed by atoms with Crippen LogP contribution in [-0.2, 0) is 14.3 Å². The highest BCUT2D eigenvalue weighted by molar-refractivity contribution is 6.22. The maximum absolute atomic E-state index is 12.9. The zero-order valence-electron chi connectivity index (χ0n) is 18.8. The highest BCUT2D eigenvalue weighted by atomic mass is 16.5. The first-order valence-electron chi connectivity index (χ1n) is 10.8. The predicted octanol–water partition coefficient (Wildman–Crippen LogP) is 3.47. The van der Waals surface area contributed by atoms with Gasteiger partial charge in [-0.05, 0) is 42.3 Å². The predicted molar refractivity (Wildman–Crippen MR) is 121 cm³/mol. The standard InChI is InChI=1S/C25H26N2O6/c1-4-15(3)22(27-23(30)18-8-6-7-9-19(18)24(27)31)25(32)33-14-20(28)16-10-12-17(13-11-16)26-21(29)5-2/h6-13,15,22H,4-5,14H2,1-3H3,(H,26,29)/t15-,22-/m0/s1. The van der Waals surface area contributed by atoms with Crippen LogP contribution in [0.2, 0.25) is 0 Å². The Balaban J connectivity index is 1.70. The topological polar surface area (TPSA) is 110 Å². The molecule has 0 unspecified atom stereocenters. The van der Waals surface area contributed by atoms with Crippen molar-refractivity contribution in [2.45, 2.75) is 39.7 Å². The number of ketones is 1. The summed E-state index contributed by atoms with van der Waals surface area (Å²) in [6, 6.07) is 11.5. The molecule has 0 aliphatic carbocycles. The van der Waals surface area contributed by atoms with Gasteiger partial charge in [0, 0.05) is 17.7 Å². The van der Waals surface area contributed by atoms with Crippen molar-refractivity contribution in [1.29, 1.82) is 0 Å². The minimum Gasteiger partial charge on any atom is -0.456 e. The number of rotatable bonds is 9. The van der Waals surface area contributed by atoms with E-state index >= 15 is 0 Å². The van der Waals surface area contributed by atoms with Gasteiger partial charge in [0.2, 0.25) is 5.91 Å². The Hall–Kier alpha value is -3.81. The van der Waals surface area contributed by atoms with E-state index in [9.17, 15) is 24.0 Å². The Morgan fingerprint density at radius 3 is 2.03 bits per heavy atom. The van der Waals surface area contributed by atoms with Crippen LogP contribution in [0.5, 0.6) is 0 Å². The van der Waals surface area contributed by atoms with E-state index in [1.165, 1.54) is 12.1 Å². The van der Waals surface area contributed by atoms with Crippen molar-refractivity contribution in [2.75, 3.05) is 11.9 Å². The molecule has 0 saturated heterocycles. The average molecular weight is 450 g/mol. The molecular formula is C25H26N2O6. The molecule has 8 nitrogen and oxygen atoms in total. The third-order valence-corrected chi connectivity index (χ3v) is 5.69. The van der Waals surface area contributed by atoms with Crippen LogP contribution >= 0.6 is 0 Å². The normalized spacial score (nSPS) is 14.5. The second-order valence-electron chi connectivity index (χ2n) is 7.87. The molecule has 3 amide bonds. The summed E-state index contributed by atoms with van der Waals surface area (Å²) in [5.74, 6) is -2.85. The molecule has 0 radical (unpaired) electrons. The molecule has 1 aliphatic heterocycles. The van der Waals surface area contributed by atoms with Gasteiger partial charge in [0.25, 0.3) is 11.8 Å². The third kappa shape index (κ3) is 5.00. The molecule has 0 fully saturated rings. The van der Waals surface area contributed by atoms with Crippen LogP contribution < -0.4 is 5.32 Å². The molecular weight excluding hydrogens is 424 g/mol. The van der Waals surface area contributed by atoms with Crippen LogP contribution in [0.4, 0.5) is 5.69 Å². The van der Waals surface area contributed by atoms with Gasteiger partial charge < -0.3 is 10.1 Å². The Morgan fingerprint density at radius 2 is 1.52 bits per heavy atom. The van der Waals surface area contributed by atoms with Crippen molar-refractivity contribution < 1.29 is 28.7 Å². The Bertz CT molecular complexity index is 1060. The maximum Gasteiger partial charge on any atom is 0.330 e. The summed E-state index contributed by atoms with van der Waals surface area (Å²) >= 11 is 0. The first kappa shape index (κ1) is 23.8. The molecule has 8 heteroatoms. The van der Waals surface area contributed by atoms with E-state index in [4.69, 9.17) is 4.74 Å². The summed E-state index contributed by atoms with van der Waals surface area (Å²) in [7, 11) is 0. The molecule has 0 bridgehead atoms. The largest absolute Gasteiger partial charge is 0.456 e. The lowest BCUT2D eigenvalue weighted by Gasteiger charge is -2.28. The molecule has 3 rings (SSSR count). The molecule has 33 heavy (non-hydrogen) atoms. The van der Waals surface area contributed by atoms with E-state index in [2.05, 4.69) is 5.32 Å². The van der Waals surface area contributed by atoms with Crippen LogP contribution in [-0.4, -0.2) is 47.0 Å². The van der Waals surface area contributed by atoms with Crippen molar-refractivity contribution >= 4 is 35.2 Å². The zero-order valence-corrected chi connectivity index (χ0v) is 18.8. The van der Waals surface area contributed by atoms with Crippen molar-refractivity contribution in [3.05, 3.63) is 65.2 Å². The van der Waals surface area contributed by atoms with Gasteiger partial charge in [-0.3, -0.25) is 24.1 Å². The smallest absolute Gasteiger partial charge is 0.330 e. The third-order valence-electron chi connectivity index (χ3n) is 5.69. The minimum atomic E-state index is -1.14. The molecule has 172 valence electrons. The van der Waals surface area contributed by atoms with Crippen molar-refractivity contribution in [2.24, 2.45) is 5.92 Å². The van der Waals surface area contributed by atoms with E-state index in [-0.39, 0.29) is 23.0 Å². The summed E-state index contributed by atoms with van der Waals surface area (Å²) in [5, 5.41) is 2.68. The minimum absolute atomic E-state index is 0.146. The number of carbonyl (C=O) groups is 5. The SMILES string of the molecule is CCC(=O)Nc1ccc(C(=O)COC(=O)[C@H]([C@@H](C)CC)N2C(=O)c3ccccc3C2=O)cc1. The van der Waals surface area contributed by atoms with E-state index in [0.29, 0.717) is 24.1 Å². The Kier molecular flexibility index (Phi) is 7.37. The number of hydrogen-bond acceptors (Lipinski definition) is 6. The van der Waals surface area contributed by atoms with Gasteiger partial charge in [-0.25, -0.2) is 4.79 Å². The van der Waals surface area contributed by atoms with Crippen LogP contribution in [0.25, 0.3) is 0 Å². The molecule has 0 aromatic heterocycles. The van der Waals surface area contributed by atoms with E-state index < -0.39 is 36.2 Å². The second-order valence-corrected chi connectivity index (χ2v) is 7.87. The van der Waals surface area contributed by atoms with Gasteiger partial charge in [0.15, 0.2) is 12.4 Å². The number of fused-ring (bicyclic) bond motifs is 1. The van der Waals surface area contributed by atoms with E-state index in [1.807, 2.05) is 6.92 Å². The highest BCUT2D eigenvalue weighted by Gasteiger charge is 2.45. The molecule has 0 saturated carbocycles. The summed E-state index contributed by atoms with van der Waals surface area (Å²) in [6.45, 7) is 4.79. The van der Waals surface area contributed by atoms with Gasteiger partial charge in [-0.1, -0.05) is 39.3 Å². The molecule has 0 spiro atoms. The van der Waals surface area contributed by atoms with E-state index in [0.717, 1.165) is 4.90 Å². The summed E-state index contributed by atoms with van der Waals surface area (Å²) in [5.41, 5.74) is 1.35. The maximum atomic E-state index is 12.9. The lowest BCUT2D eigenvalue weighted by Crippen LogP contribution is -2.49. The van der Waals surface area contributed by atoms with Crippen LogP contribution in [0.3, 0.4) is 0 Å². The number of amides is 3. The molecule has 2 atom stereocenters. The van der Waals surface area contributed by atoms with Crippen LogP contribution in [0.15, 0.2) is 48.5 Å². The Labute approximate surface area is 191 Å². The van der Waals surface area contributed by atoms with Crippen molar-refractivity contribution in [1.82, 2.24) is 4.90 Å². The number of esters is 1. The zero-order chi connectivity index (χ0) is 24.1. The molecule has 1 N–H and O–H groups in total. The van der Waals surface area contributed by atoms with Gasteiger partial charge >= 0.3 is 5.97 Å². The number of carbonyl (C=O) groups excluding carboxylic acids is 5. The average Bonchev–Trinajstić information content (AvgIpc) is 3.08. The summed E-state index contributed by atoms with van der Waals surface area (Å²) < 4.78 is 5.26. The van der Waals surface area contributed by atoms with Crippen molar-refractivity contribution in [3.63, 3.8) is 0 Å². The van der Waals surface area contributed by atoms with Gasteiger partial charge in [-0.2, -0.15) is 0 Å². The number of Topliss-reactive ketones (excluding diaryl/α,β-unsaturated/α-hetero) is 1. The number of hydrogen-bond donors (Lipinski definition) is 1. The number of ether oxygens (including phenoxy) is 1. The Morgan fingerprint density at radius 1 is 0.939 bits per heavy atom. The number of imide groups is 1. The van der Waals surface area contributed by atoms with Crippen molar-refractivity contribution in [3.8, 4) is 0 Å². The fraction of sp³-hybridized carbons (Fsp3) is 0.320. The highest BCUT2D eigenvalue weighted by Crippen LogP contribution is 2.28. The number of benzene rings is 2. The summed E-state index contributed by atoms with van der Waals surface area (Å²) in [6.07, 6.45) is 0.854. The fourth-order valence-corrected chi connectivity index (χ4v) is 3.57. The first-order valence-corrected chi connectivity index (χ1v) is 10.8. The lowest BCUT2D eigenvalue weighted by molar-refractivity contribution is -0.149. The van der Waals surface area contributed by atoms with Crippen LogP contribution in [0.1, 0.15) is 64.7 Å².